The van der Waals surface area contributed by atoms with Crippen LogP contribution < -0.4 is 22.7 Å². The maximum atomic E-state index is 5.51. The van der Waals surface area contributed by atoms with Crippen molar-refractivity contribution in [2.24, 2.45) is 5.84 Å². The van der Waals surface area contributed by atoms with Crippen LogP contribution in [0.25, 0.3) is 0 Å². The van der Waals surface area contributed by atoms with Crippen LogP contribution in [0.2, 0.25) is 0 Å². The lowest BCUT2D eigenvalue weighted by atomic mass is 10.2. The van der Waals surface area contributed by atoms with Crippen LogP contribution in [0.15, 0.2) is 18.2 Å². The van der Waals surface area contributed by atoms with Gasteiger partial charge in [-0.3, -0.25) is 5.84 Å². The zero-order valence-electron chi connectivity index (χ0n) is 6.28. The van der Waals surface area contributed by atoms with Crippen molar-refractivity contribution in [1.29, 1.82) is 0 Å². The number of rotatable bonds is 1. The second kappa shape index (κ2) is 5.77. The van der Waals surface area contributed by atoms with E-state index in [1.54, 1.807) is 18.2 Å². The topological polar surface area (TPSA) is 90.1 Å². The molecule has 0 fully saturated rings. The highest BCUT2D eigenvalue weighted by atomic mass is 35.5. The molecule has 0 amide bonds. The van der Waals surface area contributed by atoms with E-state index < -0.39 is 0 Å². The van der Waals surface area contributed by atoms with Gasteiger partial charge in [0.25, 0.3) is 0 Å². The van der Waals surface area contributed by atoms with Gasteiger partial charge >= 0.3 is 0 Å². The van der Waals surface area contributed by atoms with E-state index in [0.29, 0.717) is 17.1 Å². The summed E-state index contributed by atoms with van der Waals surface area (Å²) in [5, 5.41) is 0. The average molecular weight is 211 g/mol. The minimum Gasteiger partial charge on any atom is -0.399 e. The highest BCUT2D eigenvalue weighted by Gasteiger charge is 1.94. The molecule has 6 heteroatoms. The lowest BCUT2D eigenvalue weighted by Gasteiger charge is -2.03. The molecule has 1 aromatic rings. The third-order valence-corrected chi connectivity index (χ3v) is 1.23. The van der Waals surface area contributed by atoms with Crippen LogP contribution >= 0.6 is 24.8 Å². The smallest absolute Gasteiger partial charge is 0.0717 e. The van der Waals surface area contributed by atoms with Gasteiger partial charge < -0.3 is 16.9 Å². The predicted octanol–water partition coefficient (Wildman–Crippen LogP) is 0.980. The first kappa shape index (κ1) is 13.7. The van der Waals surface area contributed by atoms with Crippen molar-refractivity contribution in [3.8, 4) is 0 Å². The molecule has 1 rings (SSSR count). The predicted molar refractivity (Wildman–Crippen MR) is 57.6 cm³/mol. The number of halogens is 2. The van der Waals surface area contributed by atoms with Gasteiger partial charge in [-0.1, -0.05) is 0 Å². The van der Waals surface area contributed by atoms with Gasteiger partial charge in [0.05, 0.1) is 11.4 Å². The Bertz CT molecular complexity index is 241. The molecule has 0 radical (unpaired) electrons. The Morgan fingerprint density at radius 1 is 1.08 bits per heavy atom. The molecule has 0 saturated carbocycles. The highest BCUT2D eigenvalue weighted by Crippen LogP contribution is 2.19. The molecule has 4 nitrogen and oxygen atoms in total. The molecule has 0 aliphatic rings. The van der Waals surface area contributed by atoms with Crippen molar-refractivity contribution >= 4 is 41.9 Å². The number of nitrogens with two attached hydrogens (primary N) is 3. The third kappa shape index (κ3) is 3.04. The molecule has 0 heterocycles. The average Bonchev–Trinajstić information content (AvgIpc) is 1.88. The number of benzene rings is 1. The summed E-state index contributed by atoms with van der Waals surface area (Å²) in [4.78, 5) is 0. The van der Waals surface area contributed by atoms with Crippen LogP contribution in [-0.2, 0) is 0 Å². The van der Waals surface area contributed by atoms with Gasteiger partial charge in [-0.2, -0.15) is 0 Å². The van der Waals surface area contributed by atoms with Crippen LogP contribution in [0.3, 0.4) is 0 Å². The fourth-order valence-electron chi connectivity index (χ4n) is 0.713. The van der Waals surface area contributed by atoms with Gasteiger partial charge in [-0.05, 0) is 18.2 Å². The summed E-state index contributed by atoms with van der Waals surface area (Å²) < 4.78 is 0. The van der Waals surface area contributed by atoms with Crippen molar-refractivity contribution < 1.29 is 0 Å². The van der Waals surface area contributed by atoms with Crippen molar-refractivity contribution in [3.05, 3.63) is 18.2 Å². The Kier molecular flexibility index (Phi) is 6.60. The lowest BCUT2D eigenvalue weighted by molar-refractivity contribution is 1.35. The van der Waals surface area contributed by atoms with E-state index in [1.165, 1.54) is 0 Å². The minimum atomic E-state index is 0. The zero-order chi connectivity index (χ0) is 7.56. The van der Waals surface area contributed by atoms with Crippen LogP contribution in [0.4, 0.5) is 17.1 Å². The molecule has 1 aromatic carbocycles. The molecule has 0 saturated heterocycles. The molecule has 0 bridgehead atoms. The van der Waals surface area contributed by atoms with E-state index in [2.05, 4.69) is 5.43 Å². The van der Waals surface area contributed by atoms with Crippen molar-refractivity contribution in [1.82, 2.24) is 0 Å². The van der Waals surface area contributed by atoms with Gasteiger partial charge in [0.2, 0.25) is 0 Å². The third-order valence-electron chi connectivity index (χ3n) is 1.23. The van der Waals surface area contributed by atoms with Crippen molar-refractivity contribution in [2.45, 2.75) is 0 Å². The van der Waals surface area contributed by atoms with E-state index >= 15 is 0 Å². The van der Waals surface area contributed by atoms with E-state index in [9.17, 15) is 0 Å². The fourth-order valence-corrected chi connectivity index (χ4v) is 0.713. The van der Waals surface area contributed by atoms with Crippen molar-refractivity contribution in [2.75, 3.05) is 16.9 Å². The summed E-state index contributed by atoms with van der Waals surface area (Å²) in [5.41, 5.74) is 15.3. The van der Waals surface area contributed by atoms with E-state index in [1.807, 2.05) is 0 Å². The van der Waals surface area contributed by atoms with Gasteiger partial charge in [-0.15, -0.1) is 24.8 Å². The SMILES string of the molecule is Cl.Cl.NNc1ccc(N)cc1N. The molecule has 70 valence electrons. The molecule has 0 aliphatic carbocycles. The summed E-state index contributed by atoms with van der Waals surface area (Å²) in [6.45, 7) is 0. The summed E-state index contributed by atoms with van der Waals surface area (Å²) in [6, 6.07) is 5.10. The second-order valence-corrected chi connectivity index (χ2v) is 1.99. The van der Waals surface area contributed by atoms with Gasteiger partial charge in [0.1, 0.15) is 0 Å². The summed E-state index contributed by atoms with van der Waals surface area (Å²) in [7, 11) is 0. The first-order valence-corrected chi connectivity index (χ1v) is 2.85. The summed E-state index contributed by atoms with van der Waals surface area (Å²) >= 11 is 0. The van der Waals surface area contributed by atoms with E-state index in [4.69, 9.17) is 17.3 Å². The van der Waals surface area contributed by atoms with Gasteiger partial charge in [-0.25, -0.2) is 0 Å². The maximum absolute atomic E-state index is 5.51. The lowest BCUT2D eigenvalue weighted by Crippen LogP contribution is -2.09. The Labute approximate surface area is 83.3 Å². The molecule has 0 aliphatic heterocycles. The number of hydrogen-bond acceptors (Lipinski definition) is 4. The first-order valence-electron chi connectivity index (χ1n) is 2.85. The largest absolute Gasteiger partial charge is 0.399 e. The monoisotopic (exact) mass is 210 g/mol. The number of nitrogen functional groups attached to an aromatic ring is 3. The Balaban J connectivity index is 0. The van der Waals surface area contributed by atoms with E-state index in [0.717, 1.165) is 0 Å². The molecule has 7 N–H and O–H groups in total. The quantitative estimate of drug-likeness (QED) is 0.316. The second-order valence-electron chi connectivity index (χ2n) is 1.99. The Hall–Kier alpha value is -0.840. The molecule has 0 aromatic heterocycles. The minimum absolute atomic E-state index is 0. The number of hydrogen-bond donors (Lipinski definition) is 4. The molecule has 0 spiro atoms. The Morgan fingerprint density at radius 3 is 2.08 bits per heavy atom. The van der Waals surface area contributed by atoms with E-state index in [-0.39, 0.29) is 24.8 Å². The normalized spacial score (nSPS) is 7.75. The van der Waals surface area contributed by atoms with Gasteiger partial charge in [0, 0.05) is 5.69 Å². The summed E-state index contributed by atoms with van der Waals surface area (Å²) in [5.74, 6) is 5.13. The molecule has 0 unspecified atom stereocenters. The summed E-state index contributed by atoms with van der Waals surface area (Å²) in [6.07, 6.45) is 0. The standard InChI is InChI=1S/C6H10N4.2ClH/c7-4-1-2-6(10-9)5(8)3-4;;/h1-3,10H,7-9H2;2*1H. The van der Waals surface area contributed by atoms with Crippen LogP contribution in [0.1, 0.15) is 0 Å². The fraction of sp³-hybridized carbons (Fsp3) is 0. The van der Waals surface area contributed by atoms with Gasteiger partial charge in [0.15, 0.2) is 0 Å². The first-order chi connectivity index (χ1) is 4.74. The maximum Gasteiger partial charge on any atom is 0.0717 e. The number of nitrogens with one attached hydrogen (secondary N) is 1. The molecular formula is C6H12Cl2N4. The van der Waals surface area contributed by atoms with Crippen molar-refractivity contribution in [3.63, 3.8) is 0 Å². The highest BCUT2D eigenvalue weighted by molar-refractivity contribution is 5.85. The van der Waals surface area contributed by atoms with Crippen LogP contribution in [0.5, 0.6) is 0 Å². The molecular weight excluding hydrogens is 199 g/mol. The number of anilines is 3. The molecule has 0 atom stereocenters. The zero-order valence-corrected chi connectivity index (χ0v) is 7.91. The van der Waals surface area contributed by atoms with Crippen LogP contribution in [0, 0.1) is 0 Å². The number of hydrazine groups is 1. The van der Waals surface area contributed by atoms with Crippen LogP contribution in [-0.4, -0.2) is 0 Å². The molecule has 12 heavy (non-hydrogen) atoms. The Morgan fingerprint density at radius 2 is 1.67 bits per heavy atom.